The van der Waals surface area contributed by atoms with Crippen LogP contribution >= 0.6 is 11.3 Å². The number of aromatic nitrogens is 1. The van der Waals surface area contributed by atoms with Crippen LogP contribution in [0.2, 0.25) is 0 Å². The molecule has 23 heavy (non-hydrogen) atoms. The zero-order chi connectivity index (χ0) is 16.4. The zero-order valence-corrected chi connectivity index (χ0v) is 15.0. The summed E-state index contributed by atoms with van der Waals surface area (Å²) in [5.74, 6) is 1.12. The first-order valence-corrected chi connectivity index (χ1v) is 9.35. The average molecular weight is 338 g/mol. The number of aryl methyl sites for hydroxylation is 1. The van der Waals surface area contributed by atoms with Gasteiger partial charge in [-0.15, -0.1) is 11.3 Å². The lowest BCUT2D eigenvalue weighted by molar-refractivity contribution is -0.0956. The molecule has 0 aromatic carbocycles. The Balaban J connectivity index is 1.59. The van der Waals surface area contributed by atoms with E-state index in [0.717, 1.165) is 47.9 Å². The van der Waals surface area contributed by atoms with Gasteiger partial charge in [-0.25, -0.2) is 4.98 Å². The molecule has 0 aliphatic carbocycles. The van der Waals surface area contributed by atoms with E-state index in [1.807, 2.05) is 11.8 Å². The molecule has 2 saturated heterocycles. The summed E-state index contributed by atoms with van der Waals surface area (Å²) in [6, 6.07) is 0. The Morgan fingerprint density at radius 3 is 2.57 bits per heavy atom. The van der Waals surface area contributed by atoms with Gasteiger partial charge in [0, 0.05) is 25.4 Å². The molecule has 0 unspecified atom stereocenters. The van der Waals surface area contributed by atoms with Crippen molar-refractivity contribution in [2.24, 2.45) is 11.8 Å². The molecule has 0 atom stereocenters. The lowest BCUT2D eigenvalue weighted by Crippen LogP contribution is -2.41. The molecule has 128 valence electrons. The number of thiazole rings is 1. The van der Waals surface area contributed by atoms with Crippen LogP contribution in [0.5, 0.6) is 0 Å². The number of amides is 1. The Kier molecular flexibility index (Phi) is 5.34. The van der Waals surface area contributed by atoms with E-state index in [9.17, 15) is 4.79 Å². The zero-order valence-electron chi connectivity index (χ0n) is 14.2. The Bertz CT molecular complexity index is 544. The molecule has 2 aliphatic heterocycles. The minimum absolute atomic E-state index is 0.0602. The molecule has 3 rings (SSSR count). The molecule has 0 bridgehead atoms. The first-order chi connectivity index (χ1) is 11.0. The van der Waals surface area contributed by atoms with E-state index in [1.165, 1.54) is 0 Å². The summed E-state index contributed by atoms with van der Waals surface area (Å²) < 4.78 is 11.2. The SMILES string of the molecule is Cc1nc(CC(C)C)sc1C(=O)N1CCC(C2OCCO2)CC1. The predicted octanol–water partition coefficient (Wildman–Crippen LogP) is 2.88. The lowest BCUT2D eigenvalue weighted by atomic mass is 9.96. The van der Waals surface area contributed by atoms with Gasteiger partial charge in [-0.3, -0.25) is 4.79 Å². The molecule has 2 aliphatic rings. The molecular weight excluding hydrogens is 312 g/mol. The summed E-state index contributed by atoms with van der Waals surface area (Å²) in [5.41, 5.74) is 0.875. The van der Waals surface area contributed by atoms with Crippen LogP contribution in [0.25, 0.3) is 0 Å². The first kappa shape index (κ1) is 16.9. The molecule has 0 saturated carbocycles. The third-order valence-electron chi connectivity index (χ3n) is 4.48. The van der Waals surface area contributed by atoms with E-state index in [2.05, 4.69) is 18.8 Å². The second kappa shape index (κ2) is 7.28. The molecule has 0 spiro atoms. The molecule has 2 fully saturated rings. The first-order valence-electron chi connectivity index (χ1n) is 8.53. The molecule has 5 nitrogen and oxygen atoms in total. The molecule has 6 heteroatoms. The minimum Gasteiger partial charge on any atom is -0.350 e. The highest BCUT2D eigenvalue weighted by atomic mass is 32.1. The topological polar surface area (TPSA) is 51.7 Å². The standard InChI is InChI=1S/C17H26N2O3S/c1-11(2)10-14-18-12(3)15(23-14)16(20)19-6-4-13(5-7-19)17-21-8-9-22-17/h11,13,17H,4-10H2,1-3H3. The molecule has 3 heterocycles. The monoisotopic (exact) mass is 338 g/mol. The molecule has 1 aromatic rings. The molecule has 1 aromatic heterocycles. The van der Waals surface area contributed by atoms with Crippen molar-refractivity contribution < 1.29 is 14.3 Å². The summed E-state index contributed by atoms with van der Waals surface area (Å²) >= 11 is 1.56. The van der Waals surface area contributed by atoms with Crippen LogP contribution in [0, 0.1) is 18.8 Å². The predicted molar refractivity (Wildman–Crippen MR) is 89.7 cm³/mol. The number of carbonyl (C=O) groups excluding carboxylic acids is 1. The number of hydrogen-bond donors (Lipinski definition) is 0. The quantitative estimate of drug-likeness (QED) is 0.847. The van der Waals surface area contributed by atoms with Crippen molar-refractivity contribution in [3.8, 4) is 0 Å². The van der Waals surface area contributed by atoms with Crippen molar-refractivity contribution in [3.05, 3.63) is 15.6 Å². The van der Waals surface area contributed by atoms with Gasteiger partial charge in [0.05, 0.1) is 23.9 Å². The molecule has 0 radical (unpaired) electrons. The maximum atomic E-state index is 12.8. The second-order valence-electron chi connectivity index (χ2n) is 6.86. The van der Waals surface area contributed by atoms with Gasteiger partial charge in [0.1, 0.15) is 4.88 Å². The lowest BCUT2D eigenvalue weighted by Gasteiger charge is -2.33. The van der Waals surface area contributed by atoms with Gasteiger partial charge in [-0.2, -0.15) is 0 Å². The second-order valence-corrected chi connectivity index (χ2v) is 7.94. The maximum absolute atomic E-state index is 12.8. The fourth-order valence-corrected chi connectivity index (χ4v) is 4.50. The van der Waals surface area contributed by atoms with Gasteiger partial charge in [-0.1, -0.05) is 13.8 Å². The van der Waals surface area contributed by atoms with Crippen molar-refractivity contribution in [1.82, 2.24) is 9.88 Å². The number of carbonyl (C=O) groups is 1. The smallest absolute Gasteiger partial charge is 0.265 e. The largest absolute Gasteiger partial charge is 0.350 e. The van der Waals surface area contributed by atoms with Gasteiger partial charge >= 0.3 is 0 Å². The Labute approximate surface area is 142 Å². The Morgan fingerprint density at radius 2 is 1.96 bits per heavy atom. The number of likely N-dealkylation sites (tertiary alicyclic amines) is 1. The fraction of sp³-hybridized carbons (Fsp3) is 0.765. The highest BCUT2D eigenvalue weighted by molar-refractivity contribution is 7.13. The van der Waals surface area contributed by atoms with Gasteiger partial charge in [0.15, 0.2) is 6.29 Å². The van der Waals surface area contributed by atoms with E-state index >= 15 is 0 Å². The van der Waals surface area contributed by atoms with Crippen molar-refractivity contribution in [2.45, 2.75) is 46.3 Å². The van der Waals surface area contributed by atoms with Gasteiger partial charge in [0.2, 0.25) is 0 Å². The summed E-state index contributed by atoms with van der Waals surface area (Å²) in [7, 11) is 0. The van der Waals surface area contributed by atoms with Crippen LogP contribution in [0.15, 0.2) is 0 Å². The fourth-order valence-electron chi connectivity index (χ4n) is 3.25. The number of rotatable bonds is 4. The van der Waals surface area contributed by atoms with Crippen LogP contribution in [0.4, 0.5) is 0 Å². The number of nitrogens with zero attached hydrogens (tertiary/aromatic N) is 2. The van der Waals surface area contributed by atoms with Gasteiger partial charge in [0.25, 0.3) is 5.91 Å². The number of ether oxygens (including phenoxy) is 2. The van der Waals surface area contributed by atoms with E-state index in [4.69, 9.17) is 9.47 Å². The summed E-state index contributed by atoms with van der Waals surface area (Å²) in [6.07, 6.45) is 2.78. The molecular formula is C17H26N2O3S. The highest BCUT2D eigenvalue weighted by Crippen LogP contribution is 2.28. The number of hydrogen-bond acceptors (Lipinski definition) is 5. The summed E-state index contributed by atoms with van der Waals surface area (Å²) in [4.78, 5) is 20.1. The van der Waals surface area contributed by atoms with Crippen molar-refractivity contribution >= 4 is 17.2 Å². The van der Waals surface area contributed by atoms with Crippen molar-refractivity contribution in [1.29, 1.82) is 0 Å². The van der Waals surface area contributed by atoms with Crippen LogP contribution in [0.3, 0.4) is 0 Å². The maximum Gasteiger partial charge on any atom is 0.265 e. The third kappa shape index (κ3) is 3.92. The van der Waals surface area contributed by atoms with Crippen LogP contribution in [-0.2, 0) is 15.9 Å². The van der Waals surface area contributed by atoms with Crippen molar-refractivity contribution in [2.75, 3.05) is 26.3 Å². The Morgan fingerprint density at radius 1 is 1.30 bits per heavy atom. The minimum atomic E-state index is -0.0602. The van der Waals surface area contributed by atoms with Crippen LogP contribution in [-0.4, -0.2) is 48.4 Å². The highest BCUT2D eigenvalue weighted by Gasteiger charge is 2.32. The van der Waals surface area contributed by atoms with E-state index in [0.29, 0.717) is 25.0 Å². The molecule has 0 N–H and O–H groups in total. The normalized spacial score (nSPS) is 20.6. The van der Waals surface area contributed by atoms with E-state index in [-0.39, 0.29) is 12.2 Å². The number of piperidine rings is 1. The van der Waals surface area contributed by atoms with Crippen LogP contribution < -0.4 is 0 Å². The van der Waals surface area contributed by atoms with Gasteiger partial charge < -0.3 is 14.4 Å². The van der Waals surface area contributed by atoms with E-state index < -0.39 is 0 Å². The average Bonchev–Trinajstić information content (AvgIpc) is 3.16. The van der Waals surface area contributed by atoms with Crippen molar-refractivity contribution in [3.63, 3.8) is 0 Å². The summed E-state index contributed by atoms with van der Waals surface area (Å²) in [5, 5.41) is 1.07. The summed E-state index contributed by atoms with van der Waals surface area (Å²) in [6.45, 7) is 9.25. The third-order valence-corrected chi connectivity index (χ3v) is 5.65. The van der Waals surface area contributed by atoms with Gasteiger partial charge in [-0.05, 0) is 25.7 Å². The van der Waals surface area contributed by atoms with E-state index in [1.54, 1.807) is 11.3 Å². The molecule has 1 amide bonds. The Hall–Kier alpha value is -0.980. The van der Waals surface area contributed by atoms with Crippen LogP contribution in [0.1, 0.15) is 47.1 Å².